The van der Waals surface area contributed by atoms with E-state index in [1.54, 1.807) is 7.11 Å². The minimum Gasteiger partial charge on any atom is -0.497 e. The molecular weight excluding hydrogens is 210 g/mol. The third kappa shape index (κ3) is 2.64. The van der Waals surface area contributed by atoms with Crippen LogP contribution in [0.4, 0.5) is 0 Å². The molecular formula is C12H16ClNO. The van der Waals surface area contributed by atoms with Crippen molar-refractivity contribution in [1.82, 2.24) is 0 Å². The summed E-state index contributed by atoms with van der Waals surface area (Å²) in [5.41, 5.74) is 7.13. The molecule has 82 valence electrons. The van der Waals surface area contributed by atoms with Crippen molar-refractivity contribution < 1.29 is 4.74 Å². The van der Waals surface area contributed by atoms with Gasteiger partial charge in [0.15, 0.2) is 0 Å². The average molecular weight is 226 g/mol. The second kappa shape index (κ2) is 4.42. The van der Waals surface area contributed by atoms with Crippen molar-refractivity contribution in [2.75, 3.05) is 7.11 Å². The average Bonchev–Trinajstić information content (AvgIpc) is 3.01. The smallest absolute Gasteiger partial charge is 0.120 e. The Labute approximate surface area is 95.4 Å². The maximum Gasteiger partial charge on any atom is 0.120 e. The number of halogens is 1. The van der Waals surface area contributed by atoms with Gasteiger partial charge in [0, 0.05) is 11.1 Å². The van der Waals surface area contributed by atoms with Crippen LogP contribution in [-0.4, -0.2) is 7.11 Å². The third-order valence-corrected chi connectivity index (χ3v) is 3.22. The first-order valence-electron chi connectivity index (χ1n) is 5.29. The number of rotatable bonds is 4. The molecule has 1 aromatic carbocycles. The molecule has 1 saturated carbocycles. The molecule has 1 aliphatic rings. The molecule has 1 unspecified atom stereocenters. The van der Waals surface area contributed by atoms with E-state index >= 15 is 0 Å². The zero-order chi connectivity index (χ0) is 10.8. The van der Waals surface area contributed by atoms with Crippen LogP contribution in [-0.2, 0) is 0 Å². The predicted molar refractivity (Wildman–Crippen MR) is 62.3 cm³/mol. The molecule has 0 radical (unpaired) electrons. The van der Waals surface area contributed by atoms with Gasteiger partial charge in [0.25, 0.3) is 0 Å². The van der Waals surface area contributed by atoms with Crippen LogP contribution < -0.4 is 10.5 Å². The summed E-state index contributed by atoms with van der Waals surface area (Å²) in [5, 5.41) is 0.711. The molecule has 1 aromatic rings. The first kappa shape index (κ1) is 10.8. The highest BCUT2D eigenvalue weighted by molar-refractivity contribution is 6.31. The van der Waals surface area contributed by atoms with Gasteiger partial charge in [-0.25, -0.2) is 0 Å². The van der Waals surface area contributed by atoms with E-state index in [0.717, 1.165) is 23.7 Å². The summed E-state index contributed by atoms with van der Waals surface area (Å²) in [5.74, 6) is 1.60. The van der Waals surface area contributed by atoms with E-state index in [0.29, 0.717) is 5.02 Å². The van der Waals surface area contributed by atoms with Crippen molar-refractivity contribution in [2.45, 2.75) is 25.3 Å². The second-order valence-corrected chi connectivity index (χ2v) is 4.58. The highest BCUT2D eigenvalue weighted by Gasteiger charge is 2.25. The minimum absolute atomic E-state index is 0.0657. The Balaban J connectivity index is 2.11. The van der Waals surface area contributed by atoms with Gasteiger partial charge in [-0.2, -0.15) is 0 Å². The topological polar surface area (TPSA) is 35.2 Å². The van der Waals surface area contributed by atoms with Crippen molar-refractivity contribution >= 4 is 11.6 Å². The molecule has 0 aliphatic heterocycles. The van der Waals surface area contributed by atoms with Crippen molar-refractivity contribution in [2.24, 2.45) is 11.7 Å². The summed E-state index contributed by atoms with van der Waals surface area (Å²) in [6.07, 6.45) is 3.69. The first-order valence-corrected chi connectivity index (χ1v) is 5.67. The molecule has 15 heavy (non-hydrogen) atoms. The summed E-state index contributed by atoms with van der Waals surface area (Å²) < 4.78 is 5.10. The maximum absolute atomic E-state index is 6.15. The standard InChI is InChI=1S/C12H16ClNO/c1-15-9-4-5-10(11(13)7-9)12(14)6-8-2-3-8/h4-5,7-8,12H,2-3,6,14H2,1H3. The molecule has 0 saturated heterocycles. The molecule has 1 atom stereocenters. The Bertz CT molecular complexity index is 349. The number of methoxy groups -OCH3 is 1. The number of benzene rings is 1. The third-order valence-electron chi connectivity index (χ3n) is 2.89. The van der Waals surface area contributed by atoms with Gasteiger partial charge in [0.05, 0.1) is 7.11 Å². The van der Waals surface area contributed by atoms with Crippen LogP contribution in [0.15, 0.2) is 18.2 Å². The Morgan fingerprint density at radius 2 is 2.27 bits per heavy atom. The summed E-state index contributed by atoms with van der Waals surface area (Å²) in [4.78, 5) is 0. The van der Waals surface area contributed by atoms with Gasteiger partial charge in [0.2, 0.25) is 0 Å². The van der Waals surface area contributed by atoms with Crippen LogP contribution in [0, 0.1) is 5.92 Å². The molecule has 2 nitrogen and oxygen atoms in total. The van der Waals surface area contributed by atoms with E-state index in [1.165, 1.54) is 12.8 Å². The number of nitrogens with two attached hydrogens (primary N) is 1. The van der Waals surface area contributed by atoms with Crippen LogP contribution in [0.25, 0.3) is 0 Å². The van der Waals surface area contributed by atoms with E-state index in [2.05, 4.69) is 0 Å². The maximum atomic E-state index is 6.15. The second-order valence-electron chi connectivity index (χ2n) is 4.17. The Kier molecular flexibility index (Phi) is 3.17. The Hall–Kier alpha value is -0.730. The normalized spacial score (nSPS) is 17.5. The fourth-order valence-corrected chi connectivity index (χ4v) is 2.09. The number of hydrogen-bond donors (Lipinski definition) is 1. The minimum atomic E-state index is 0.0657. The Morgan fingerprint density at radius 3 is 2.80 bits per heavy atom. The lowest BCUT2D eigenvalue weighted by Gasteiger charge is -2.13. The zero-order valence-electron chi connectivity index (χ0n) is 8.87. The summed E-state index contributed by atoms with van der Waals surface area (Å²) in [6.45, 7) is 0. The molecule has 0 heterocycles. The van der Waals surface area contributed by atoms with Crippen molar-refractivity contribution in [1.29, 1.82) is 0 Å². The molecule has 0 amide bonds. The lowest BCUT2D eigenvalue weighted by molar-refractivity contribution is 0.414. The molecule has 3 heteroatoms. The van der Waals surface area contributed by atoms with Gasteiger partial charge in [0.1, 0.15) is 5.75 Å². The monoisotopic (exact) mass is 225 g/mol. The van der Waals surface area contributed by atoms with Crippen LogP contribution in [0.2, 0.25) is 5.02 Å². The SMILES string of the molecule is COc1ccc(C(N)CC2CC2)c(Cl)c1. The molecule has 0 spiro atoms. The number of ether oxygens (including phenoxy) is 1. The van der Waals surface area contributed by atoms with E-state index in [1.807, 2.05) is 18.2 Å². The quantitative estimate of drug-likeness (QED) is 0.855. The van der Waals surface area contributed by atoms with Crippen LogP contribution >= 0.6 is 11.6 Å². The molecule has 0 bridgehead atoms. The lowest BCUT2D eigenvalue weighted by Crippen LogP contribution is -2.11. The van der Waals surface area contributed by atoms with Crippen LogP contribution in [0.1, 0.15) is 30.9 Å². The summed E-state index contributed by atoms with van der Waals surface area (Å²) in [6, 6.07) is 5.77. The van der Waals surface area contributed by atoms with E-state index < -0.39 is 0 Å². The van der Waals surface area contributed by atoms with E-state index in [9.17, 15) is 0 Å². The van der Waals surface area contributed by atoms with Gasteiger partial charge in [-0.15, -0.1) is 0 Å². The van der Waals surface area contributed by atoms with Crippen LogP contribution in [0.3, 0.4) is 0 Å². The first-order chi connectivity index (χ1) is 7.20. The molecule has 0 aromatic heterocycles. The predicted octanol–water partition coefficient (Wildman–Crippen LogP) is 3.15. The highest BCUT2D eigenvalue weighted by Crippen LogP contribution is 2.38. The van der Waals surface area contributed by atoms with E-state index in [-0.39, 0.29) is 6.04 Å². The molecule has 1 aliphatic carbocycles. The lowest BCUT2D eigenvalue weighted by atomic mass is 10.0. The van der Waals surface area contributed by atoms with E-state index in [4.69, 9.17) is 22.1 Å². The molecule has 1 fully saturated rings. The van der Waals surface area contributed by atoms with Crippen molar-refractivity contribution in [3.8, 4) is 5.75 Å². The highest BCUT2D eigenvalue weighted by atomic mass is 35.5. The van der Waals surface area contributed by atoms with Gasteiger partial charge in [-0.1, -0.05) is 30.5 Å². The molecule has 2 N–H and O–H groups in total. The van der Waals surface area contributed by atoms with Gasteiger partial charge in [-0.05, 0) is 30.0 Å². The van der Waals surface area contributed by atoms with Gasteiger partial charge >= 0.3 is 0 Å². The summed E-state index contributed by atoms with van der Waals surface area (Å²) in [7, 11) is 1.63. The van der Waals surface area contributed by atoms with Crippen molar-refractivity contribution in [3.63, 3.8) is 0 Å². The van der Waals surface area contributed by atoms with Gasteiger partial charge in [-0.3, -0.25) is 0 Å². The van der Waals surface area contributed by atoms with Crippen LogP contribution in [0.5, 0.6) is 5.75 Å². The fraction of sp³-hybridized carbons (Fsp3) is 0.500. The van der Waals surface area contributed by atoms with Crippen molar-refractivity contribution in [3.05, 3.63) is 28.8 Å². The fourth-order valence-electron chi connectivity index (χ4n) is 1.78. The summed E-state index contributed by atoms with van der Waals surface area (Å²) >= 11 is 6.15. The number of hydrogen-bond acceptors (Lipinski definition) is 2. The van der Waals surface area contributed by atoms with Gasteiger partial charge < -0.3 is 10.5 Å². The molecule has 2 rings (SSSR count). The zero-order valence-corrected chi connectivity index (χ0v) is 9.63. The largest absolute Gasteiger partial charge is 0.497 e. The Morgan fingerprint density at radius 1 is 1.53 bits per heavy atom.